The minimum atomic E-state index is -0.541. The van der Waals surface area contributed by atoms with E-state index in [4.69, 9.17) is 5.73 Å². The first kappa shape index (κ1) is 14.8. The summed E-state index contributed by atoms with van der Waals surface area (Å²) >= 11 is 0. The third-order valence-electron chi connectivity index (χ3n) is 4.30. The smallest absolute Gasteiger partial charge is 0.292 e. The molecule has 0 atom stereocenters. The third kappa shape index (κ3) is 2.13. The van der Waals surface area contributed by atoms with E-state index in [2.05, 4.69) is 5.32 Å². The number of hydrogen-bond acceptors (Lipinski definition) is 5. The van der Waals surface area contributed by atoms with Crippen LogP contribution in [0.25, 0.3) is 21.9 Å². The van der Waals surface area contributed by atoms with Crippen molar-refractivity contribution in [1.29, 1.82) is 0 Å². The van der Waals surface area contributed by atoms with Crippen LogP contribution < -0.4 is 11.1 Å². The van der Waals surface area contributed by atoms with Crippen molar-refractivity contribution in [3.8, 4) is 11.1 Å². The summed E-state index contributed by atoms with van der Waals surface area (Å²) in [6.07, 6.45) is 0. The molecule has 3 aromatic rings. The lowest BCUT2D eigenvalue weighted by Gasteiger charge is -2.18. The number of carbonyl (C=O) groups excluding carboxylic acids is 2. The molecule has 0 fully saturated rings. The Morgan fingerprint density at radius 1 is 0.920 bits per heavy atom. The lowest BCUT2D eigenvalue weighted by molar-refractivity contribution is -0.383. The van der Waals surface area contributed by atoms with Crippen molar-refractivity contribution in [3.63, 3.8) is 0 Å². The highest BCUT2D eigenvalue weighted by molar-refractivity contribution is 6.27. The van der Waals surface area contributed by atoms with Crippen LogP contribution >= 0.6 is 0 Å². The summed E-state index contributed by atoms with van der Waals surface area (Å²) in [6.45, 7) is 0. The second kappa shape index (κ2) is 5.13. The molecule has 1 aliphatic heterocycles. The number of nitro groups is 1. The maximum Gasteiger partial charge on any atom is 0.292 e. The molecule has 7 nitrogen and oxygen atoms in total. The van der Waals surface area contributed by atoms with Crippen LogP contribution in [0.5, 0.6) is 0 Å². The topological polar surface area (TPSA) is 115 Å². The molecule has 7 heteroatoms. The number of nitrogens with one attached hydrogen (secondary N) is 1. The van der Waals surface area contributed by atoms with Crippen LogP contribution in [0.2, 0.25) is 0 Å². The Bertz CT molecular complexity index is 1080. The number of amides is 2. The average molecular weight is 333 g/mol. The molecular weight excluding hydrogens is 322 g/mol. The van der Waals surface area contributed by atoms with Crippen LogP contribution in [-0.2, 0) is 0 Å². The first-order chi connectivity index (χ1) is 12.0. The van der Waals surface area contributed by atoms with E-state index >= 15 is 0 Å². The van der Waals surface area contributed by atoms with Crippen molar-refractivity contribution < 1.29 is 14.5 Å². The quantitative estimate of drug-likeness (QED) is 0.324. The lowest BCUT2D eigenvalue weighted by atomic mass is 9.89. The number of benzene rings is 3. The standard InChI is InChI=1S/C18H11N3O4/c19-14-7-4-9(8-15(14)21(24)25)10-5-6-13-16-11(10)2-1-3-12(16)17(22)20-18(13)23/h1-8H,19H2,(H,20,22,23). The number of imide groups is 1. The molecule has 0 saturated heterocycles. The Morgan fingerprint density at radius 3 is 2.32 bits per heavy atom. The molecule has 0 unspecified atom stereocenters. The molecule has 2 amide bonds. The molecule has 0 saturated carbocycles. The number of carbonyl (C=O) groups is 2. The van der Waals surface area contributed by atoms with Gasteiger partial charge in [-0.25, -0.2) is 0 Å². The molecule has 122 valence electrons. The molecule has 0 bridgehead atoms. The van der Waals surface area contributed by atoms with Crippen molar-refractivity contribution in [2.24, 2.45) is 0 Å². The minimum Gasteiger partial charge on any atom is -0.393 e. The van der Waals surface area contributed by atoms with Crippen LogP contribution in [-0.4, -0.2) is 16.7 Å². The Kier molecular flexibility index (Phi) is 3.04. The Morgan fingerprint density at radius 2 is 1.60 bits per heavy atom. The lowest BCUT2D eigenvalue weighted by Crippen LogP contribution is -2.34. The highest BCUT2D eigenvalue weighted by Gasteiger charge is 2.26. The number of nitrogens with zero attached hydrogens (tertiary/aromatic N) is 1. The van der Waals surface area contributed by atoms with Gasteiger partial charge < -0.3 is 5.73 Å². The predicted octanol–water partition coefficient (Wildman–Crippen LogP) is 2.88. The van der Waals surface area contributed by atoms with Gasteiger partial charge in [0.1, 0.15) is 5.69 Å². The molecule has 4 rings (SSSR count). The summed E-state index contributed by atoms with van der Waals surface area (Å²) < 4.78 is 0. The molecular formula is C18H11N3O4. The van der Waals surface area contributed by atoms with E-state index in [0.717, 1.165) is 0 Å². The summed E-state index contributed by atoms with van der Waals surface area (Å²) in [5.74, 6) is -0.910. The van der Waals surface area contributed by atoms with Gasteiger partial charge in [0.25, 0.3) is 17.5 Å². The Balaban J connectivity index is 2.05. The van der Waals surface area contributed by atoms with Gasteiger partial charge in [-0.05, 0) is 34.7 Å². The maximum atomic E-state index is 12.1. The predicted molar refractivity (Wildman–Crippen MR) is 92.2 cm³/mol. The van der Waals surface area contributed by atoms with E-state index in [1.54, 1.807) is 36.4 Å². The zero-order valence-electron chi connectivity index (χ0n) is 12.8. The van der Waals surface area contributed by atoms with E-state index in [-0.39, 0.29) is 11.4 Å². The number of anilines is 1. The summed E-state index contributed by atoms with van der Waals surface area (Å²) in [4.78, 5) is 34.8. The largest absolute Gasteiger partial charge is 0.393 e. The number of nitrogen functional groups attached to an aromatic ring is 1. The van der Waals surface area contributed by atoms with Crippen LogP contribution in [0.15, 0.2) is 48.5 Å². The fourth-order valence-corrected chi connectivity index (χ4v) is 3.14. The normalized spacial score (nSPS) is 13.0. The van der Waals surface area contributed by atoms with Gasteiger partial charge in [0, 0.05) is 22.6 Å². The van der Waals surface area contributed by atoms with Crippen LogP contribution in [0.4, 0.5) is 11.4 Å². The van der Waals surface area contributed by atoms with Gasteiger partial charge in [0.2, 0.25) is 0 Å². The summed E-state index contributed by atoms with van der Waals surface area (Å²) in [5, 5.41) is 14.7. The Hall–Kier alpha value is -3.74. The second-order valence-electron chi connectivity index (χ2n) is 5.70. The number of nitrogens with two attached hydrogens (primary N) is 1. The molecule has 0 radical (unpaired) electrons. The SMILES string of the molecule is Nc1ccc(-c2ccc3c4c(cccc24)C(=O)NC3=O)cc1[N+](=O)[O-]. The monoisotopic (exact) mass is 333 g/mol. The molecule has 1 heterocycles. The van der Waals surface area contributed by atoms with Crippen molar-refractivity contribution >= 4 is 34.0 Å². The molecule has 0 spiro atoms. The summed E-state index contributed by atoms with van der Waals surface area (Å²) in [6, 6.07) is 13.0. The zero-order valence-corrected chi connectivity index (χ0v) is 12.8. The Labute approximate surface area is 141 Å². The fourth-order valence-electron chi connectivity index (χ4n) is 3.14. The van der Waals surface area contributed by atoms with E-state index in [1.807, 2.05) is 0 Å². The zero-order chi connectivity index (χ0) is 17.7. The number of nitro benzene ring substituents is 1. The van der Waals surface area contributed by atoms with Gasteiger partial charge in [0.15, 0.2) is 0 Å². The van der Waals surface area contributed by atoms with Gasteiger partial charge in [-0.15, -0.1) is 0 Å². The fraction of sp³-hybridized carbons (Fsp3) is 0. The van der Waals surface area contributed by atoms with Crippen LogP contribution in [0.3, 0.4) is 0 Å². The summed E-state index contributed by atoms with van der Waals surface area (Å²) in [7, 11) is 0. The van der Waals surface area contributed by atoms with Gasteiger partial charge >= 0.3 is 0 Å². The van der Waals surface area contributed by atoms with E-state index < -0.39 is 16.7 Å². The van der Waals surface area contributed by atoms with E-state index in [1.165, 1.54) is 12.1 Å². The van der Waals surface area contributed by atoms with Crippen molar-refractivity contribution in [2.45, 2.75) is 0 Å². The average Bonchev–Trinajstić information content (AvgIpc) is 2.59. The van der Waals surface area contributed by atoms with Crippen LogP contribution in [0.1, 0.15) is 20.7 Å². The molecule has 25 heavy (non-hydrogen) atoms. The van der Waals surface area contributed by atoms with E-state index in [9.17, 15) is 19.7 Å². The number of hydrogen-bond donors (Lipinski definition) is 2. The first-order valence-corrected chi connectivity index (χ1v) is 7.43. The number of rotatable bonds is 2. The first-order valence-electron chi connectivity index (χ1n) is 7.43. The van der Waals surface area contributed by atoms with Crippen LogP contribution in [0, 0.1) is 10.1 Å². The third-order valence-corrected chi connectivity index (χ3v) is 4.30. The molecule has 3 N–H and O–H groups in total. The minimum absolute atomic E-state index is 0.0750. The highest BCUT2D eigenvalue weighted by Crippen LogP contribution is 2.36. The molecule has 3 aromatic carbocycles. The van der Waals surface area contributed by atoms with Crippen molar-refractivity contribution in [2.75, 3.05) is 5.73 Å². The molecule has 1 aliphatic rings. The van der Waals surface area contributed by atoms with Gasteiger partial charge in [-0.1, -0.05) is 24.3 Å². The van der Waals surface area contributed by atoms with E-state index in [0.29, 0.717) is 33.0 Å². The van der Waals surface area contributed by atoms with Gasteiger partial charge in [0.05, 0.1) is 4.92 Å². The summed E-state index contributed by atoms with van der Waals surface area (Å²) in [5.41, 5.74) is 7.62. The highest BCUT2D eigenvalue weighted by atomic mass is 16.6. The van der Waals surface area contributed by atoms with Gasteiger partial charge in [-0.2, -0.15) is 0 Å². The van der Waals surface area contributed by atoms with Crippen molar-refractivity contribution in [1.82, 2.24) is 5.32 Å². The molecule has 0 aliphatic carbocycles. The van der Waals surface area contributed by atoms with Gasteiger partial charge in [-0.3, -0.25) is 25.0 Å². The molecule has 0 aromatic heterocycles. The maximum absolute atomic E-state index is 12.1. The second-order valence-corrected chi connectivity index (χ2v) is 5.70. The van der Waals surface area contributed by atoms with Crippen molar-refractivity contribution in [3.05, 3.63) is 69.8 Å².